The van der Waals surface area contributed by atoms with E-state index in [1.165, 1.54) is 11.3 Å². The molecule has 0 fully saturated rings. The number of aryl methyl sites for hydroxylation is 1. The van der Waals surface area contributed by atoms with Crippen molar-refractivity contribution in [3.8, 4) is 34.0 Å². The first kappa shape index (κ1) is 26.1. The van der Waals surface area contributed by atoms with E-state index in [2.05, 4.69) is 9.97 Å². The third kappa shape index (κ3) is 5.58. The molecular formula is C23H13F8N3O2S. The quantitative estimate of drug-likeness (QED) is 0.257. The van der Waals surface area contributed by atoms with E-state index < -0.39 is 64.1 Å². The zero-order chi connectivity index (χ0) is 27.1. The van der Waals surface area contributed by atoms with Gasteiger partial charge in [-0.3, -0.25) is 0 Å². The molecule has 0 saturated carbocycles. The second kappa shape index (κ2) is 9.50. The van der Waals surface area contributed by atoms with E-state index in [4.69, 9.17) is 15.2 Å². The zero-order valence-corrected chi connectivity index (χ0v) is 19.2. The van der Waals surface area contributed by atoms with Crippen LogP contribution in [0.2, 0.25) is 0 Å². The summed E-state index contributed by atoms with van der Waals surface area (Å²) in [5.41, 5.74) is 2.97. The molecule has 2 N–H and O–H groups in total. The predicted octanol–water partition coefficient (Wildman–Crippen LogP) is 8.00. The number of hydrogen-bond acceptors (Lipinski definition) is 6. The molecule has 4 aromatic rings. The summed E-state index contributed by atoms with van der Waals surface area (Å²) >= 11 is 1.18. The summed E-state index contributed by atoms with van der Waals surface area (Å²) < 4.78 is 117. The van der Waals surface area contributed by atoms with Crippen LogP contribution < -0.4 is 15.2 Å². The lowest BCUT2D eigenvalue weighted by molar-refractivity contribution is -0.140. The van der Waals surface area contributed by atoms with Crippen LogP contribution in [0.1, 0.15) is 16.7 Å². The lowest BCUT2D eigenvalue weighted by atomic mass is 10.2. The Morgan fingerprint density at radius 3 is 1.59 bits per heavy atom. The average molecular weight is 547 g/mol. The van der Waals surface area contributed by atoms with E-state index in [1.807, 2.05) is 0 Å². The molecule has 14 heteroatoms. The second-order valence-corrected chi connectivity index (χ2v) is 8.40. The SMILES string of the molecule is Cc1ccsc1-c1nc(Oc2ccc(F)c(C(F)(F)F)c2)c(N)c(Oc2ccc(F)c(C(F)(F)F)c2)n1. The summed E-state index contributed by atoms with van der Waals surface area (Å²) in [6, 6.07) is 5.37. The minimum absolute atomic E-state index is 0.0667. The van der Waals surface area contributed by atoms with Crippen LogP contribution in [-0.4, -0.2) is 9.97 Å². The van der Waals surface area contributed by atoms with Gasteiger partial charge in [-0.15, -0.1) is 11.3 Å². The fraction of sp³-hybridized carbons (Fsp3) is 0.130. The van der Waals surface area contributed by atoms with Crippen LogP contribution in [0, 0.1) is 18.6 Å². The third-order valence-corrected chi connectivity index (χ3v) is 5.87. The molecule has 0 aliphatic rings. The monoisotopic (exact) mass is 547 g/mol. The second-order valence-electron chi connectivity index (χ2n) is 7.49. The van der Waals surface area contributed by atoms with Gasteiger partial charge in [0.1, 0.15) is 23.1 Å². The van der Waals surface area contributed by atoms with Crippen molar-refractivity contribution in [3.63, 3.8) is 0 Å². The van der Waals surface area contributed by atoms with Crippen LogP contribution in [0.25, 0.3) is 10.7 Å². The van der Waals surface area contributed by atoms with Gasteiger partial charge >= 0.3 is 12.4 Å². The molecule has 4 rings (SSSR count). The summed E-state index contributed by atoms with van der Waals surface area (Å²) in [4.78, 5) is 8.70. The molecule has 0 saturated heterocycles. The van der Waals surface area contributed by atoms with Crippen molar-refractivity contribution in [2.75, 3.05) is 5.73 Å². The first-order chi connectivity index (χ1) is 17.2. The van der Waals surface area contributed by atoms with Crippen LogP contribution in [0.15, 0.2) is 47.8 Å². The molecule has 5 nitrogen and oxygen atoms in total. The van der Waals surface area contributed by atoms with Crippen molar-refractivity contribution in [1.29, 1.82) is 0 Å². The molecule has 0 aliphatic heterocycles. The molecule has 0 unspecified atom stereocenters. The molecule has 0 aliphatic carbocycles. The minimum atomic E-state index is -5.02. The third-order valence-electron chi connectivity index (χ3n) is 4.86. The molecule has 2 heterocycles. The van der Waals surface area contributed by atoms with Crippen molar-refractivity contribution in [1.82, 2.24) is 9.97 Å². The van der Waals surface area contributed by atoms with E-state index in [0.29, 0.717) is 34.7 Å². The number of alkyl halides is 6. The highest BCUT2D eigenvalue weighted by atomic mass is 32.1. The highest BCUT2D eigenvalue weighted by Crippen LogP contribution is 2.41. The summed E-state index contributed by atoms with van der Waals surface area (Å²) in [6.07, 6.45) is -10.0. The van der Waals surface area contributed by atoms with Crippen molar-refractivity contribution in [2.45, 2.75) is 19.3 Å². The van der Waals surface area contributed by atoms with Crippen LogP contribution in [-0.2, 0) is 12.4 Å². The van der Waals surface area contributed by atoms with Crippen LogP contribution in [0.4, 0.5) is 40.8 Å². The van der Waals surface area contributed by atoms with Gasteiger partial charge in [0.05, 0.1) is 16.0 Å². The van der Waals surface area contributed by atoms with Crippen molar-refractivity contribution >= 4 is 17.0 Å². The Hall–Kier alpha value is -3.94. The lowest BCUT2D eigenvalue weighted by Gasteiger charge is -2.15. The zero-order valence-electron chi connectivity index (χ0n) is 18.3. The number of ether oxygens (including phenoxy) is 2. The van der Waals surface area contributed by atoms with Gasteiger partial charge in [0.15, 0.2) is 11.5 Å². The molecule has 0 atom stereocenters. The van der Waals surface area contributed by atoms with Gasteiger partial charge in [-0.05, 0) is 60.3 Å². The number of nitrogen functional groups attached to an aromatic ring is 1. The number of hydrogen-bond donors (Lipinski definition) is 1. The number of nitrogens with two attached hydrogens (primary N) is 1. The highest BCUT2D eigenvalue weighted by Gasteiger charge is 2.35. The Morgan fingerprint density at radius 2 is 1.22 bits per heavy atom. The normalized spacial score (nSPS) is 12.0. The average Bonchev–Trinajstić information content (AvgIpc) is 3.23. The van der Waals surface area contributed by atoms with Crippen LogP contribution in [0.5, 0.6) is 23.3 Å². The Labute approximate surface area is 207 Å². The Kier molecular flexibility index (Phi) is 6.71. The fourth-order valence-electron chi connectivity index (χ4n) is 3.08. The van der Waals surface area contributed by atoms with Crippen molar-refractivity contribution in [3.05, 3.63) is 76.2 Å². The first-order valence-electron chi connectivity index (χ1n) is 10.0. The molecule has 0 amide bonds. The number of rotatable bonds is 5. The largest absolute Gasteiger partial charge is 0.437 e. The van der Waals surface area contributed by atoms with Gasteiger partial charge in [-0.2, -0.15) is 36.3 Å². The summed E-state index contributed by atoms with van der Waals surface area (Å²) in [5, 5.41) is 1.69. The number of benzene rings is 2. The number of aromatic nitrogens is 2. The summed E-state index contributed by atoms with van der Waals surface area (Å²) in [5.74, 6) is -5.13. The van der Waals surface area contributed by atoms with Gasteiger partial charge in [0, 0.05) is 0 Å². The maximum Gasteiger partial charge on any atom is 0.419 e. The topological polar surface area (TPSA) is 70.3 Å². The van der Waals surface area contributed by atoms with Gasteiger partial charge in [0.25, 0.3) is 11.8 Å². The van der Waals surface area contributed by atoms with E-state index >= 15 is 0 Å². The maximum atomic E-state index is 13.7. The van der Waals surface area contributed by atoms with Gasteiger partial charge in [-0.1, -0.05) is 0 Å². The number of halogens is 8. The van der Waals surface area contributed by atoms with E-state index in [1.54, 1.807) is 18.4 Å². The standard InChI is InChI=1S/C23H13F8N3O2S/c1-10-6-7-37-18(10)19-33-20(35-11-2-4-15(24)13(8-11)22(26,27)28)17(32)21(34-19)36-12-3-5-16(25)14(9-12)23(29,30)31/h2-9H,32H2,1H3. The fourth-order valence-corrected chi connectivity index (χ4v) is 3.94. The molecule has 194 valence electrons. The molecule has 2 aromatic carbocycles. The van der Waals surface area contributed by atoms with Crippen LogP contribution >= 0.6 is 11.3 Å². The molecule has 0 spiro atoms. The Morgan fingerprint density at radius 1 is 0.757 bits per heavy atom. The van der Waals surface area contributed by atoms with Gasteiger partial charge in [0.2, 0.25) is 0 Å². The van der Waals surface area contributed by atoms with Crippen molar-refractivity contribution in [2.24, 2.45) is 0 Å². The van der Waals surface area contributed by atoms with Gasteiger partial charge in [-0.25, -0.2) is 8.78 Å². The molecular weight excluding hydrogens is 534 g/mol. The summed E-state index contributed by atoms with van der Waals surface area (Å²) in [6.45, 7) is 1.71. The molecule has 0 bridgehead atoms. The minimum Gasteiger partial charge on any atom is -0.437 e. The number of nitrogens with zero attached hydrogens (tertiary/aromatic N) is 2. The first-order valence-corrected chi connectivity index (χ1v) is 10.9. The van der Waals surface area contributed by atoms with E-state index in [9.17, 15) is 35.1 Å². The lowest BCUT2D eigenvalue weighted by Crippen LogP contribution is -2.09. The summed E-state index contributed by atoms with van der Waals surface area (Å²) in [7, 11) is 0. The molecule has 2 aromatic heterocycles. The molecule has 37 heavy (non-hydrogen) atoms. The number of anilines is 1. The highest BCUT2D eigenvalue weighted by molar-refractivity contribution is 7.13. The van der Waals surface area contributed by atoms with Crippen LogP contribution in [0.3, 0.4) is 0 Å². The van der Waals surface area contributed by atoms with Gasteiger partial charge < -0.3 is 15.2 Å². The van der Waals surface area contributed by atoms with E-state index in [-0.39, 0.29) is 5.82 Å². The smallest absolute Gasteiger partial charge is 0.419 e. The predicted molar refractivity (Wildman–Crippen MR) is 117 cm³/mol. The Balaban J connectivity index is 1.80. The Bertz CT molecular complexity index is 1380. The number of thiophene rings is 1. The maximum absolute atomic E-state index is 13.7. The van der Waals surface area contributed by atoms with E-state index in [0.717, 1.165) is 12.1 Å². The van der Waals surface area contributed by atoms with Crippen molar-refractivity contribution < 1.29 is 44.6 Å². The molecule has 0 radical (unpaired) electrons.